The van der Waals surface area contributed by atoms with Crippen LogP contribution in [0.5, 0.6) is 11.8 Å². The van der Waals surface area contributed by atoms with Gasteiger partial charge in [-0.3, -0.25) is 13.7 Å². The van der Waals surface area contributed by atoms with Crippen LogP contribution in [0.25, 0.3) is 10.8 Å². The van der Waals surface area contributed by atoms with Crippen molar-refractivity contribution < 1.29 is 48.8 Å². The number of benzene rings is 5. The molecule has 1 aromatic heterocycles. The summed E-state index contributed by atoms with van der Waals surface area (Å²) in [5, 5.41) is 32.7. The summed E-state index contributed by atoms with van der Waals surface area (Å²) in [6.45, 7) is 1.73. The summed E-state index contributed by atoms with van der Waals surface area (Å²) in [5.74, 6) is 0.198. The van der Waals surface area contributed by atoms with Gasteiger partial charge in [0.25, 0.3) is 30.4 Å². The van der Waals surface area contributed by atoms with Crippen molar-refractivity contribution >= 4 is 87.1 Å². The molecule has 20 nitrogen and oxygen atoms in total. The van der Waals surface area contributed by atoms with Gasteiger partial charge >= 0.3 is 6.01 Å². The van der Waals surface area contributed by atoms with Gasteiger partial charge in [0, 0.05) is 17.1 Å². The van der Waals surface area contributed by atoms with Gasteiger partial charge in [0.15, 0.2) is 0 Å². The second kappa shape index (κ2) is 15.3. The fraction of sp³-hybridized carbons (Fsp3) is 0.0606. The molecular weight excluding hydrogens is 795 g/mol. The topological polar surface area (TPSA) is 305 Å². The number of nitrogens with one attached hydrogen (secondary N) is 2. The maximum absolute atomic E-state index is 12.0. The van der Waals surface area contributed by atoms with Crippen molar-refractivity contribution in [3.63, 3.8) is 0 Å². The van der Waals surface area contributed by atoms with E-state index in [-0.39, 0.29) is 44.7 Å². The Morgan fingerprint density at radius 2 is 1.27 bits per heavy atom. The van der Waals surface area contributed by atoms with E-state index >= 15 is 0 Å². The number of aromatic hydroxyl groups is 1. The zero-order valence-corrected chi connectivity index (χ0v) is 31.1. The van der Waals surface area contributed by atoms with Crippen molar-refractivity contribution in [2.45, 2.75) is 21.6 Å². The van der Waals surface area contributed by atoms with Gasteiger partial charge in [0.05, 0.1) is 45.3 Å². The zero-order chi connectivity index (χ0) is 40.4. The van der Waals surface area contributed by atoms with Crippen molar-refractivity contribution in [1.29, 1.82) is 0 Å². The number of anilines is 4. The zero-order valence-electron chi connectivity index (χ0n) is 28.7. The van der Waals surface area contributed by atoms with Crippen molar-refractivity contribution in [2.24, 2.45) is 20.5 Å². The van der Waals surface area contributed by atoms with Gasteiger partial charge in [-0.1, -0.05) is 12.1 Å². The highest BCUT2D eigenvalue weighted by Gasteiger charge is 2.21. The van der Waals surface area contributed by atoms with Gasteiger partial charge in [-0.25, -0.2) is 0 Å². The number of hydrogen-bond acceptors (Lipinski definition) is 17. The third-order valence-corrected chi connectivity index (χ3v) is 10.2. The van der Waals surface area contributed by atoms with E-state index in [1.807, 2.05) is 0 Å². The number of methoxy groups -OCH3 is 1. The van der Waals surface area contributed by atoms with E-state index in [0.29, 0.717) is 34.4 Å². The molecule has 1 heterocycles. The highest BCUT2D eigenvalue weighted by molar-refractivity contribution is 7.87. The van der Waals surface area contributed by atoms with Crippen molar-refractivity contribution in [1.82, 2.24) is 15.0 Å². The Morgan fingerprint density at radius 3 is 1.93 bits per heavy atom. The highest BCUT2D eigenvalue weighted by atomic mass is 32.2. The number of aryl methyl sites for hydroxylation is 1. The Bertz CT molecular complexity index is 2930. The molecule has 0 unspecified atom stereocenters. The Morgan fingerprint density at radius 1 is 0.625 bits per heavy atom. The van der Waals surface area contributed by atoms with Gasteiger partial charge < -0.3 is 20.5 Å². The third-order valence-electron chi connectivity index (χ3n) is 7.63. The first-order chi connectivity index (χ1) is 26.3. The van der Waals surface area contributed by atoms with Crippen molar-refractivity contribution in [2.75, 3.05) is 17.7 Å². The summed E-state index contributed by atoms with van der Waals surface area (Å²) in [7, 11) is -12.7. The van der Waals surface area contributed by atoms with E-state index in [4.69, 9.17) is 4.74 Å². The number of hydrogen-bond donors (Lipinski definition) is 6. The van der Waals surface area contributed by atoms with Gasteiger partial charge in [0.2, 0.25) is 11.9 Å². The molecule has 6 N–H and O–H groups in total. The Kier molecular flexibility index (Phi) is 10.7. The SMILES string of the molecule is COc1cc(N=Nc2cccc(S(=O)(=O)O)c2)ccc1Nc1nc(O)nc(Nc2ccc(N=Nc3ccc4cc(S(=O)(=O)O)cc(S(=O)(=O)O)c4c3)c(C)c2)n1. The number of aromatic nitrogens is 3. The van der Waals surface area contributed by atoms with Crippen LogP contribution in [0.2, 0.25) is 0 Å². The van der Waals surface area contributed by atoms with Crippen LogP contribution >= 0.6 is 0 Å². The molecule has 288 valence electrons. The lowest BCUT2D eigenvalue weighted by Gasteiger charge is -2.12. The smallest absolute Gasteiger partial charge is 0.320 e. The summed E-state index contributed by atoms with van der Waals surface area (Å²) < 4.78 is 104. The fourth-order valence-corrected chi connectivity index (χ4v) is 6.93. The monoisotopic (exact) mass is 821 g/mol. The van der Waals surface area contributed by atoms with Gasteiger partial charge in [0.1, 0.15) is 10.6 Å². The van der Waals surface area contributed by atoms with Crippen LogP contribution in [0.4, 0.5) is 46.0 Å². The predicted molar refractivity (Wildman–Crippen MR) is 200 cm³/mol. The minimum Gasteiger partial charge on any atom is -0.494 e. The molecule has 0 aliphatic heterocycles. The van der Waals surface area contributed by atoms with E-state index in [1.165, 1.54) is 49.6 Å². The van der Waals surface area contributed by atoms with E-state index < -0.39 is 46.2 Å². The highest BCUT2D eigenvalue weighted by Crippen LogP contribution is 2.34. The maximum Gasteiger partial charge on any atom is 0.320 e. The number of nitrogens with zero attached hydrogens (tertiary/aromatic N) is 7. The molecule has 0 fully saturated rings. The van der Waals surface area contributed by atoms with Crippen LogP contribution in [0.3, 0.4) is 0 Å². The van der Waals surface area contributed by atoms with Gasteiger partial charge in [-0.05, 0) is 90.7 Å². The summed E-state index contributed by atoms with van der Waals surface area (Å²) in [6.07, 6.45) is 0. The molecule has 0 bridgehead atoms. The van der Waals surface area contributed by atoms with Crippen LogP contribution in [0.15, 0.2) is 126 Å². The molecule has 6 rings (SSSR count). The van der Waals surface area contributed by atoms with Crippen LogP contribution < -0.4 is 15.4 Å². The summed E-state index contributed by atoms with van der Waals surface area (Å²) in [5.41, 5.74) is 2.60. The Balaban J connectivity index is 1.17. The van der Waals surface area contributed by atoms with Crippen molar-refractivity contribution in [3.8, 4) is 11.8 Å². The maximum atomic E-state index is 12.0. The largest absolute Gasteiger partial charge is 0.494 e. The van der Waals surface area contributed by atoms with Gasteiger partial charge in [-0.15, -0.1) is 0 Å². The minimum absolute atomic E-state index is 0.0340. The minimum atomic E-state index is -4.89. The molecular formula is C33H27N9O11S3. The van der Waals surface area contributed by atoms with Crippen LogP contribution in [0, 0.1) is 6.92 Å². The molecule has 0 aliphatic carbocycles. The first kappa shape index (κ1) is 39.2. The molecule has 0 saturated carbocycles. The molecule has 0 amide bonds. The lowest BCUT2D eigenvalue weighted by Crippen LogP contribution is -2.04. The summed E-state index contributed by atoms with van der Waals surface area (Å²) in [4.78, 5) is 10.3. The van der Waals surface area contributed by atoms with E-state index in [0.717, 1.165) is 12.1 Å². The fourth-order valence-electron chi connectivity index (χ4n) is 5.06. The van der Waals surface area contributed by atoms with E-state index in [9.17, 15) is 44.0 Å². The first-order valence-electron chi connectivity index (χ1n) is 15.6. The first-order valence-corrected chi connectivity index (χ1v) is 19.9. The molecule has 0 spiro atoms. The summed E-state index contributed by atoms with van der Waals surface area (Å²) in [6, 6.07) is 20.0. The van der Waals surface area contributed by atoms with Gasteiger partial charge in [-0.2, -0.15) is 60.7 Å². The molecule has 56 heavy (non-hydrogen) atoms. The number of fused-ring (bicyclic) bond motifs is 1. The average Bonchev–Trinajstić information content (AvgIpc) is 3.12. The number of azo groups is 2. The predicted octanol–water partition coefficient (Wildman–Crippen LogP) is 7.11. The Labute approximate surface area is 318 Å². The lowest BCUT2D eigenvalue weighted by atomic mass is 10.1. The molecule has 5 aromatic carbocycles. The molecule has 0 saturated heterocycles. The third kappa shape index (κ3) is 9.41. The van der Waals surface area contributed by atoms with Crippen molar-refractivity contribution in [3.05, 3.63) is 96.6 Å². The lowest BCUT2D eigenvalue weighted by molar-refractivity contribution is 0.416. The molecule has 23 heteroatoms. The van der Waals surface area contributed by atoms with Crippen LogP contribution in [-0.4, -0.2) is 66.1 Å². The number of ether oxygens (including phenoxy) is 1. The van der Waals surface area contributed by atoms with Crippen LogP contribution in [0.1, 0.15) is 5.56 Å². The normalized spacial score (nSPS) is 12.4. The second-order valence-corrected chi connectivity index (χ2v) is 15.8. The second-order valence-electron chi connectivity index (χ2n) is 11.6. The average molecular weight is 822 g/mol. The quantitative estimate of drug-likeness (QED) is 0.0529. The van der Waals surface area contributed by atoms with Crippen LogP contribution in [-0.2, 0) is 30.4 Å². The van der Waals surface area contributed by atoms with E-state index in [2.05, 4.69) is 46.0 Å². The number of rotatable bonds is 12. The Hall–Kier alpha value is -6.50. The summed E-state index contributed by atoms with van der Waals surface area (Å²) >= 11 is 0. The standard InChI is InChI=1S/C33H27N9O11S3/c1-18-12-20(8-10-27(18)42-41-22-7-6-19-13-25(55(47,48)49)17-30(26(19)15-22)56(50,51)52)34-31-36-32(38-33(43)37-31)35-28-11-9-23(16-29(28)53-2)40-39-21-4-3-5-24(14-21)54(44,45)46/h3-17H,1-2H3,(H,44,45,46)(H,47,48,49)(H,50,51,52)(H3,34,35,36,37,38,43). The van der Waals surface area contributed by atoms with E-state index in [1.54, 1.807) is 37.3 Å². The molecule has 0 aliphatic rings. The molecule has 6 aromatic rings. The molecule has 0 atom stereocenters. The molecule has 0 radical (unpaired) electrons.